The zero-order valence-electron chi connectivity index (χ0n) is 17.6. The van der Waals surface area contributed by atoms with E-state index in [-0.39, 0.29) is 24.0 Å². The van der Waals surface area contributed by atoms with Crippen molar-refractivity contribution in [2.75, 3.05) is 33.3 Å². The summed E-state index contributed by atoms with van der Waals surface area (Å²) in [5, 5.41) is 4.32. The zero-order valence-corrected chi connectivity index (χ0v) is 17.6. The quantitative estimate of drug-likeness (QED) is 0.752. The lowest BCUT2D eigenvalue weighted by Gasteiger charge is -2.39. The van der Waals surface area contributed by atoms with Crippen molar-refractivity contribution in [2.24, 2.45) is 5.41 Å². The van der Waals surface area contributed by atoms with Gasteiger partial charge in [-0.05, 0) is 56.7 Å². The molecule has 1 aromatic heterocycles. The molecule has 1 amide bonds. The van der Waals surface area contributed by atoms with E-state index in [0.29, 0.717) is 5.92 Å². The Kier molecular flexibility index (Phi) is 5.23. The first-order chi connectivity index (χ1) is 14.6. The molecule has 2 saturated heterocycles. The Labute approximate surface area is 177 Å². The maximum Gasteiger partial charge on any atom is 0.260 e. The number of ether oxygens (including phenoxy) is 1. The van der Waals surface area contributed by atoms with Crippen molar-refractivity contribution in [3.8, 4) is 5.75 Å². The van der Waals surface area contributed by atoms with E-state index in [1.54, 1.807) is 0 Å². The zero-order chi connectivity index (χ0) is 20.6. The molecule has 7 heteroatoms. The molecule has 3 aliphatic rings. The molecule has 0 N–H and O–H groups in total. The van der Waals surface area contributed by atoms with Crippen LogP contribution in [0.4, 0.5) is 0 Å². The van der Waals surface area contributed by atoms with Crippen LogP contribution in [0.1, 0.15) is 62.2 Å². The van der Waals surface area contributed by atoms with E-state index in [1.165, 1.54) is 19.3 Å². The van der Waals surface area contributed by atoms with Gasteiger partial charge in [0.2, 0.25) is 5.89 Å². The number of para-hydroxylation sites is 1. The van der Waals surface area contributed by atoms with Crippen LogP contribution in [0, 0.1) is 5.41 Å². The molecule has 7 nitrogen and oxygen atoms in total. The van der Waals surface area contributed by atoms with Crippen molar-refractivity contribution in [3.63, 3.8) is 0 Å². The maximum atomic E-state index is 12.6. The summed E-state index contributed by atoms with van der Waals surface area (Å²) in [6, 6.07) is 9.73. The smallest absolute Gasteiger partial charge is 0.260 e. The van der Waals surface area contributed by atoms with Crippen LogP contribution in [-0.2, 0) is 4.79 Å². The highest BCUT2D eigenvalue weighted by Crippen LogP contribution is 2.48. The second kappa shape index (κ2) is 8.02. The van der Waals surface area contributed by atoms with E-state index in [0.717, 1.165) is 56.4 Å². The summed E-state index contributed by atoms with van der Waals surface area (Å²) < 4.78 is 11.2. The van der Waals surface area contributed by atoms with Gasteiger partial charge in [-0.3, -0.25) is 9.69 Å². The van der Waals surface area contributed by atoms with Gasteiger partial charge in [-0.2, -0.15) is 4.98 Å². The Morgan fingerprint density at radius 2 is 2.00 bits per heavy atom. The van der Waals surface area contributed by atoms with Gasteiger partial charge in [0.25, 0.3) is 5.91 Å². The highest BCUT2D eigenvalue weighted by molar-refractivity contribution is 5.77. The molecule has 0 radical (unpaired) electrons. The lowest BCUT2D eigenvalue weighted by molar-refractivity contribution is -0.135. The molecule has 1 aliphatic carbocycles. The first kappa shape index (κ1) is 19.5. The monoisotopic (exact) mass is 410 g/mol. The lowest BCUT2D eigenvalue weighted by atomic mass is 9.76. The van der Waals surface area contributed by atoms with Gasteiger partial charge >= 0.3 is 0 Å². The summed E-state index contributed by atoms with van der Waals surface area (Å²) in [7, 11) is 2.16. The van der Waals surface area contributed by atoms with Gasteiger partial charge in [0.1, 0.15) is 5.75 Å². The lowest BCUT2D eigenvalue weighted by Crippen LogP contribution is -2.45. The minimum absolute atomic E-state index is 0.0694. The van der Waals surface area contributed by atoms with Gasteiger partial charge in [-0.15, -0.1) is 0 Å². The number of carbonyl (C=O) groups excluding carboxylic acids is 1. The van der Waals surface area contributed by atoms with Crippen molar-refractivity contribution in [1.82, 2.24) is 19.9 Å². The van der Waals surface area contributed by atoms with Crippen molar-refractivity contribution in [2.45, 2.75) is 50.5 Å². The number of benzene rings is 1. The third kappa shape index (κ3) is 3.83. The van der Waals surface area contributed by atoms with Crippen LogP contribution in [0.5, 0.6) is 5.75 Å². The average Bonchev–Trinajstić information content (AvgIpc) is 3.31. The minimum atomic E-state index is 0.0694. The molecule has 2 aliphatic heterocycles. The van der Waals surface area contributed by atoms with E-state index < -0.39 is 0 Å². The average molecular weight is 411 g/mol. The summed E-state index contributed by atoms with van der Waals surface area (Å²) in [6.45, 7) is 2.70. The number of hydrogen-bond donors (Lipinski definition) is 0. The summed E-state index contributed by atoms with van der Waals surface area (Å²) in [4.78, 5) is 21.6. The van der Waals surface area contributed by atoms with E-state index in [4.69, 9.17) is 14.2 Å². The number of aromatic nitrogens is 2. The van der Waals surface area contributed by atoms with Gasteiger partial charge in [-0.25, -0.2) is 0 Å². The van der Waals surface area contributed by atoms with Crippen LogP contribution in [0.2, 0.25) is 0 Å². The van der Waals surface area contributed by atoms with Gasteiger partial charge in [0, 0.05) is 25.6 Å². The molecular weight excluding hydrogens is 380 g/mol. The fourth-order valence-electron chi connectivity index (χ4n) is 5.11. The molecule has 3 heterocycles. The van der Waals surface area contributed by atoms with Gasteiger partial charge < -0.3 is 14.2 Å². The van der Waals surface area contributed by atoms with Crippen LogP contribution in [-0.4, -0.2) is 59.1 Å². The molecule has 1 aromatic carbocycles. The first-order valence-corrected chi connectivity index (χ1v) is 11.1. The minimum Gasteiger partial charge on any atom is -0.484 e. The Hall–Kier alpha value is -2.41. The maximum absolute atomic E-state index is 12.6. The Morgan fingerprint density at radius 1 is 1.23 bits per heavy atom. The summed E-state index contributed by atoms with van der Waals surface area (Å²) in [6.07, 6.45) is 6.67. The highest BCUT2D eigenvalue weighted by Gasteiger charge is 2.46. The van der Waals surface area contributed by atoms with Crippen molar-refractivity contribution in [3.05, 3.63) is 42.0 Å². The number of carbonyl (C=O) groups is 1. The summed E-state index contributed by atoms with van der Waals surface area (Å²) in [5.74, 6) is 2.94. The molecule has 160 valence electrons. The van der Waals surface area contributed by atoms with Crippen LogP contribution < -0.4 is 4.74 Å². The molecule has 1 atom stereocenters. The molecule has 0 bridgehead atoms. The Balaban J connectivity index is 1.15. The highest BCUT2D eigenvalue weighted by atomic mass is 16.5. The summed E-state index contributed by atoms with van der Waals surface area (Å²) in [5.41, 5.74) is 0.230. The van der Waals surface area contributed by atoms with Crippen LogP contribution in [0.25, 0.3) is 0 Å². The molecule has 30 heavy (non-hydrogen) atoms. The van der Waals surface area contributed by atoms with Gasteiger partial charge in [-0.1, -0.05) is 29.8 Å². The second-order valence-electron chi connectivity index (χ2n) is 9.24. The molecule has 1 spiro atoms. The Bertz CT molecular complexity index is 872. The standard InChI is InChI=1S/C23H30N4O3/c1-26-16-23(14-19(26)21-24-22(30-25-21)17-6-5-7-17)10-12-27(13-11-23)20(28)15-29-18-8-3-2-4-9-18/h2-4,8-9,17,19H,5-7,10-16H2,1H3. The third-order valence-corrected chi connectivity index (χ3v) is 7.24. The molecule has 3 fully saturated rings. The normalized spacial score (nSPS) is 24.2. The van der Waals surface area contributed by atoms with Gasteiger partial charge in [0.05, 0.1) is 6.04 Å². The van der Waals surface area contributed by atoms with E-state index in [2.05, 4.69) is 17.1 Å². The van der Waals surface area contributed by atoms with E-state index >= 15 is 0 Å². The number of hydrogen-bond acceptors (Lipinski definition) is 6. The molecule has 2 aromatic rings. The van der Waals surface area contributed by atoms with Gasteiger partial charge in [0.15, 0.2) is 12.4 Å². The number of piperidine rings is 1. The van der Waals surface area contributed by atoms with E-state index in [1.807, 2.05) is 35.2 Å². The fourth-order valence-corrected chi connectivity index (χ4v) is 5.11. The fraction of sp³-hybridized carbons (Fsp3) is 0.609. The number of amides is 1. The molecular formula is C23H30N4O3. The number of rotatable bonds is 5. The predicted molar refractivity (Wildman–Crippen MR) is 111 cm³/mol. The van der Waals surface area contributed by atoms with Crippen molar-refractivity contribution in [1.29, 1.82) is 0 Å². The Morgan fingerprint density at radius 3 is 2.70 bits per heavy atom. The van der Waals surface area contributed by atoms with Crippen molar-refractivity contribution < 1.29 is 14.1 Å². The third-order valence-electron chi connectivity index (χ3n) is 7.24. The topological polar surface area (TPSA) is 71.7 Å². The predicted octanol–water partition coefficient (Wildman–Crippen LogP) is 3.40. The second-order valence-corrected chi connectivity index (χ2v) is 9.24. The molecule has 1 saturated carbocycles. The van der Waals surface area contributed by atoms with Crippen molar-refractivity contribution >= 4 is 5.91 Å². The SMILES string of the molecule is CN1CC2(CCN(C(=O)COc3ccccc3)CC2)CC1c1noc(C2CCC2)n1. The molecule has 5 rings (SSSR count). The summed E-state index contributed by atoms with van der Waals surface area (Å²) >= 11 is 0. The molecule has 1 unspecified atom stereocenters. The van der Waals surface area contributed by atoms with Crippen LogP contribution >= 0.6 is 0 Å². The largest absolute Gasteiger partial charge is 0.484 e. The number of nitrogens with zero attached hydrogens (tertiary/aromatic N) is 4. The number of likely N-dealkylation sites (tertiary alicyclic amines) is 2. The van der Waals surface area contributed by atoms with Crippen LogP contribution in [0.15, 0.2) is 34.9 Å². The van der Waals surface area contributed by atoms with Crippen LogP contribution in [0.3, 0.4) is 0 Å². The first-order valence-electron chi connectivity index (χ1n) is 11.1. The van der Waals surface area contributed by atoms with E-state index in [9.17, 15) is 4.79 Å².